The summed E-state index contributed by atoms with van der Waals surface area (Å²) in [7, 11) is 0. The van der Waals surface area contributed by atoms with Gasteiger partial charge in [-0.3, -0.25) is 24.4 Å². The van der Waals surface area contributed by atoms with E-state index in [1.165, 1.54) is 46.1 Å². The first kappa shape index (κ1) is 15.6. The van der Waals surface area contributed by atoms with Crippen LogP contribution in [0.1, 0.15) is 10.4 Å². The van der Waals surface area contributed by atoms with Gasteiger partial charge in [-0.25, -0.2) is 0 Å². The first-order chi connectivity index (χ1) is 10.2. The molecule has 0 unspecified atom stereocenters. The summed E-state index contributed by atoms with van der Waals surface area (Å²) in [6, 6.07) is 6.40. The van der Waals surface area contributed by atoms with Gasteiger partial charge in [0.2, 0.25) is 0 Å². The highest BCUT2D eigenvalue weighted by Gasteiger charge is 2.36. The molecule has 0 atom stereocenters. The Morgan fingerprint density at radius 2 is 1.24 bits per heavy atom. The van der Waals surface area contributed by atoms with E-state index in [-0.39, 0.29) is 5.75 Å². The smallest absolute Gasteiger partial charge is 0.153 e. The topological polar surface area (TPSA) is 67.3 Å². The van der Waals surface area contributed by atoms with Crippen molar-refractivity contribution in [1.29, 1.82) is 0 Å². The molecule has 5 rings (SSSR count). The number of aromatic hydroxyl groups is 1. The fourth-order valence-electron chi connectivity index (χ4n) is 2.82. The van der Waals surface area contributed by atoms with E-state index in [0.717, 1.165) is 0 Å². The molecule has 0 amide bonds. The highest BCUT2D eigenvalue weighted by Crippen LogP contribution is 2.20. The lowest BCUT2D eigenvalue weighted by atomic mass is 10.2. The van der Waals surface area contributed by atoms with Crippen molar-refractivity contribution in [3.63, 3.8) is 0 Å². The van der Waals surface area contributed by atoms with Crippen molar-refractivity contribution in [3.05, 3.63) is 29.8 Å². The van der Waals surface area contributed by atoms with Crippen molar-refractivity contribution in [2.75, 3.05) is 40.0 Å². The quantitative estimate of drug-likeness (QED) is 0.731. The van der Waals surface area contributed by atoms with E-state index >= 15 is 0 Å². The summed E-state index contributed by atoms with van der Waals surface area (Å²) in [5, 5.41) is 8.88. The number of phenolic OH excluding ortho intramolecular Hbond substituents is 1. The lowest BCUT2D eigenvalue weighted by molar-refractivity contribution is -0.194. The largest absolute Gasteiger partial charge is 0.507 e. The Morgan fingerprint density at radius 3 is 1.52 bits per heavy atom. The second-order valence-corrected chi connectivity index (χ2v) is 5.21. The Balaban J connectivity index is 0.000000139. The van der Waals surface area contributed by atoms with E-state index in [1.54, 1.807) is 18.2 Å². The Bertz CT molecular complexity index is 427. The molecule has 4 fully saturated rings. The molecule has 4 heterocycles. The van der Waals surface area contributed by atoms with Crippen LogP contribution in [0.25, 0.3) is 0 Å². The molecule has 4 bridgehead atoms. The zero-order valence-corrected chi connectivity index (χ0v) is 11.9. The highest BCUT2D eigenvalue weighted by molar-refractivity contribution is 5.78. The number of phenols is 1. The first-order valence-electron chi connectivity index (χ1n) is 6.66. The third-order valence-electron chi connectivity index (χ3n) is 3.46. The number of benzene rings is 1. The number of rotatable bonds is 1. The molecule has 7 heteroatoms. The van der Waals surface area contributed by atoms with Crippen LogP contribution in [0, 0.1) is 0 Å². The summed E-state index contributed by atoms with van der Waals surface area (Å²) in [6.45, 7) is 9.12. The maximum atomic E-state index is 10.1. The van der Waals surface area contributed by atoms with Crippen molar-refractivity contribution >= 4 is 13.1 Å². The molecule has 1 aromatic carbocycles. The monoisotopic (exact) mass is 292 g/mol. The Labute approximate surface area is 124 Å². The van der Waals surface area contributed by atoms with Crippen LogP contribution in [0.2, 0.25) is 0 Å². The van der Waals surface area contributed by atoms with Crippen molar-refractivity contribution in [3.8, 4) is 5.75 Å². The summed E-state index contributed by atoms with van der Waals surface area (Å²) < 4.78 is 0. The van der Waals surface area contributed by atoms with Crippen LogP contribution >= 0.6 is 0 Å². The molecule has 1 N–H and O–H groups in total. The summed E-state index contributed by atoms with van der Waals surface area (Å²) >= 11 is 0. The predicted octanol–water partition coefficient (Wildman–Crippen LogP) is 0.00000000000000117. The molecule has 4 saturated heterocycles. The zero-order valence-electron chi connectivity index (χ0n) is 11.9. The number of hydrogen-bond donors (Lipinski definition) is 1. The second-order valence-electron chi connectivity index (χ2n) is 5.21. The molecule has 4 aliphatic rings. The van der Waals surface area contributed by atoms with Crippen LogP contribution in [-0.2, 0) is 4.79 Å². The third kappa shape index (κ3) is 3.85. The van der Waals surface area contributed by atoms with Crippen molar-refractivity contribution < 1.29 is 14.7 Å². The Morgan fingerprint density at radius 1 is 0.857 bits per heavy atom. The van der Waals surface area contributed by atoms with Gasteiger partial charge in [-0.15, -0.1) is 0 Å². The number of para-hydroxylation sites is 1. The standard InChI is InChI=1S/C7H6O2.C6H12N4.CH2O/c8-5-6-3-1-2-4-7(6)9;1-7-2-9-4-8(1)5-10(3-7)6-9;1-2/h1-5,9H;1-6H2;1H2. The van der Waals surface area contributed by atoms with Gasteiger partial charge in [0, 0.05) is 0 Å². The van der Waals surface area contributed by atoms with Crippen LogP contribution in [0.3, 0.4) is 0 Å². The molecule has 114 valence electrons. The average Bonchev–Trinajstić information content (AvgIpc) is 2.49. The lowest BCUT2D eigenvalue weighted by Gasteiger charge is -2.56. The number of carbonyl (C=O) groups is 2. The molecule has 0 aliphatic carbocycles. The molecular weight excluding hydrogens is 272 g/mol. The van der Waals surface area contributed by atoms with Gasteiger partial charge in [0.15, 0.2) is 6.29 Å². The minimum absolute atomic E-state index is 0.0347. The molecule has 21 heavy (non-hydrogen) atoms. The number of hydrogen-bond acceptors (Lipinski definition) is 7. The molecule has 0 saturated carbocycles. The van der Waals surface area contributed by atoms with E-state index in [2.05, 4.69) is 19.6 Å². The minimum atomic E-state index is 0.0347. The number of carbonyl (C=O) groups excluding carboxylic acids is 2. The van der Waals surface area contributed by atoms with Gasteiger partial charge >= 0.3 is 0 Å². The summed E-state index contributed by atoms with van der Waals surface area (Å²) in [6.07, 6.45) is 0.620. The Hall–Kier alpha value is -1.80. The number of nitrogens with zero attached hydrogens (tertiary/aromatic N) is 4. The van der Waals surface area contributed by atoms with Crippen molar-refractivity contribution in [2.45, 2.75) is 0 Å². The van der Waals surface area contributed by atoms with Gasteiger partial charge in [-0.2, -0.15) is 0 Å². The number of aldehydes is 1. The lowest BCUT2D eigenvalue weighted by Crippen LogP contribution is -2.71. The summed E-state index contributed by atoms with van der Waals surface area (Å²) in [4.78, 5) is 27.9. The van der Waals surface area contributed by atoms with Gasteiger partial charge in [0.1, 0.15) is 12.5 Å². The van der Waals surface area contributed by atoms with Gasteiger partial charge in [-0.1, -0.05) is 12.1 Å². The van der Waals surface area contributed by atoms with E-state index in [0.29, 0.717) is 11.8 Å². The summed E-state index contributed by atoms with van der Waals surface area (Å²) in [5.74, 6) is 0.0347. The molecular formula is C14H20N4O3. The highest BCUT2D eigenvalue weighted by atomic mass is 16.3. The van der Waals surface area contributed by atoms with E-state index in [1.807, 2.05) is 6.79 Å². The van der Waals surface area contributed by atoms with Crippen LogP contribution < -0.4 is 0 Å². The normalized spacial score (nSPS) is 31.4. The third-order valence-corrected chi connectivity index (χ3v) is 3.46. The molecule has 0 spiro atoms. The minimum Gasteiger partial charge on any atom is -0.507 e. The SMILES string of the molecule is C1N2CN3CN1CN(C2)C3.C=O.O=Cc1ccccc1O. The first-order valence-corrected chi connectivity index (χ1v) is 6.66. The Kier molecular flexibility index (Phi) is 5.40. The van der Waals surface area contributed by atoms with Crippen LogP contribution in [-0.4, -0.2) is 77.8 Å². The summed E-state index contributed by atoms with van der Waals surface area (Å²) in [5.41, 5.74) is 0.331. The molecule has 0 aromatic heterocycles. The molecule has 1 aromatic rings. The fraction of sp³-hybridized carbons (Fsp3) is 0.429. The van der Waals surface area contributed by atoms with E-state index < -0.39 is 0 Å². The fourth-order valence-corrected chi connectivity index (χ4v) is 2.82. The molecule has 4 aliphatic heterocycles. The van der Waals surface area contributed by atoms with Crippen molar-refractivity contribution in [1.82, 2.24) is 19.6 Å². The second kappa shape index (κ2) is 7.28. The van der Waals surface area contributed by atoms with Gasteiger partial charge in [0.25, 0.3) is 0 Å². The van der Waals surface area contributed by atoms with Gasteiger partial charge < -0.3 is 9.90 Å². The maximum absolute atomic E-state index is 10.1. The van der Waals surface area contributed by atoms with Crippen LogP contribution in [0.15, 0.2) is 24.3 Å². The van der Waals surface area contributed by atoms with Gasteiger partial charge in [0.05, 0.1) is 45.6 Å². The zero-order chi connectivity index (χ0) is 15.2. The maximum Gasteiger partial charge on any atom is 0.153 e. The average molecular weight is 292 g/mol. The predicted molar refractivity (Wildman–Crippen MR) is 77.2 cm³/mol. The molecule has 7 nitrogen and oxygen atoms in total. The van der Waals surface area contributed by atoms with Crippen LogP contribution in [0.4, 0.5) is 0 Å². The van der Waals surface area contributed by atoms with E-state index in [4.69, 9.17) is 9.90 Å². The molecule has 0 radical (unpaired) electrons. The van der Waals surface area contributed by atoms with Crippen LogP contribution in [0.5, 0.6) is 5.75 Å². The van der Waals surface area contributed by atoms with Crippen molar-refractivity contribution in [2.24, 2.45) is 0 Å². The van der Waals surface area contributed by atoms with E-state index in [9.17, 15) is 4.79 Å². The van der Waals surface area contributed by atoms with Gasteiger partial charge in [-0.05, 0) is 12.1 Å².